The van der Waals surface area contributed by atoms with Gasteiger partial charge in [0.2, 0.25) is 0 Å². The van der Waals surface area contributed by atoms with Crippen LogP contribution in [0.4, 0.5) is 0 Å². The van der Waals surface area contributed by atoms with Crippen molar-refractivity contribution in [1.29, 1.82) is 0 Å². The van der Waals surface area contributed by atoms with Crippen molar-refractivity contribution in [2.24, 2.45) is 0 Å². The normalized spacial score (nSPS) is 20.2. The van der Waals surface area contributed by atoms with Gasteiger partial charge in [0.25, 0.3) is 0 Å². The van der Waals surface area contributed by atoms with E-state index >= 15 is 0 Å². The molecule has 20 heavy (non-hydrogen) atoms. The Morgan fingerprint density at radius 3 is 2.70 bits per heavy atom. The molecule has 2 aliphatic rings. The molecule has 0 unspecified atom stereocenters. The number of aromatic nitrogens is 2. The lowest BCUT2D eigenvalue weighted by molar-refractivity contribution is 0.0697. The van der Waals surface area contributed by atoms with Gasteiger partial charge in [0, 0.05) is 5.92 Å². The SMILES string of the molecule is O=C(O)c1ccc2c(c1)nc(C1CC1)n2C1(CO)CC1. The maximum absolute atomic E-state index is 11.1. The van der Waals surface area contributed by atoms with Gasteiger partial charge < -0.3 is 14.8 Å². The lowest BCUT2D eigenvalue weighted by atomic mass is 10.2. The fourth-order valence-electron chi connectivity index (χ4n) is 2.94. The topological polar surface area (TPSA) is 75.3 Å². The molecule has 0 saturated heterocycles. The molecule has 0 radical (unpaired) electrons. The van der Waals surface area contributed by atoms with Gasteiger partial charge in [-0.1, -0.05) is 0 Å². The molecule has 5 nitrogen and oxygen atoms in total. The predicted octanol–water partition coefficient (Wildman–Crippen LogP) is 2.09. The van der Waals surface area contributed by atoms with E-state index in [4.69, 9.17) is 5.11 Å². The van der Waals surface area contributed by atoms with Gasteiger partial charge >= 0.3 is 5.97 Å². The molecule has 0 spiro atoms. The van der Waals surface area contributed by atoms with Gasteiger partial charge in [-0.2, -0.15) is 0 Å². The van der Waals surface area contributed by atoms with Crippen molar-refractivity contribution in [3.63, 3.8) is 0 Å². The summed E-state index contributed by atoms with van der Waals surface area (Å²) in [4.78, 5) is 15.7. The minimum atomic E-state index is -0.933. The Kier molecular flexibility index (Phi) is 2.27. The van der Waals surface area contributed by atoms with Crippen molar-refractivity contribution < 1.29 is 15.0 Å². The highest BCUT2D eigenvalue weighted by Gasteiger charge is 2.48. The standard InChI is InChI=1S/C15H16N2O3/c18-8-15(5-6-15)17-12-4-3-10(14(19)20)7-11(12)16-13(17)9-1-2-9/h3-4,7,9,18H,1-2,5-6,8H2,(H,19,20). The number of carboxylic acids is 1. The van der Waals surface area contributed by atoms with Crippen LogP contribution >= 0.6 is 0 Å². The first-order chi connectivity index (χ1) is 9.64. The molecule has 5 heteroatoms. The molecule has 4 rings (SSSR count). The van der Waals surface area contributed by atoms with E-state index in [1.165, 1.54) is 0 Å². The molecule has 1 aromatic heterocycles. The van der Waals surface area contributed by atoms with Crippen LogP contribution in [0, 0.1) is 0 Å². The zero-order chi connectivity index (χ0) is 13.9. The fraction of sp³-hybridized carbons (Fsp3) is 0.467. The van der Waals surface area contributed by atoms with Crippen molar-refractivity contribution >= 4 is 17.0 Å². The predicted molar refractivity (Wildman–Crippen MR) is 73.0 cm³/mol. The third-order valence-corrected chi connectivity index (χ3v) is 4.47. The summed E-state index contributed by atoms with van der Waals surface area (Å²) < 4.78 is 2.17. The van der Waals surface area contributed by atoms with E-state index in [1.807, 2.05) is 6.07 Å². The minimum absolute atomic E-state index is 0.124. The van der Waals surface area contributed by atoms with E-state index in [9.17, 15) is 9.90 Å². The van der Waals surface area contributed by atoms with Crippen molar-refractivity contribution in [1.82, 2.24) is 9.55 Å². The van der Waals surface area contributed by atoms with Crippen LogP contribution in [0.15, 0.2) is 18.2 Å². The smallest absolute Gasteiger partial charge is 0.335 e. The van der Waals surface area contributed by atoms with E-state index in [-0.39, 0.29) is 17.7 Å². The highest BCUT2D eigenvalue weighted by molar-refractivity contribution is 5.92. The van der Waals surface area contributed by atoms with Gasteiger partial charge in [0.15, 0.2) is 0 Å². The van der Waals surface area contributed by atoms with Crippen molar-refractivity contribution in [3.8, 4) is 0 Å². The van der Waals surface area contributed by atoms with Gasteiger partial charge in [-0.25, -0.2) is 9.78 Å². The second kappa shape index (κ2) is 3.82. The number of aromatic carboxylic acids is 1. The molecule has 1 heterocycles. The number of rotatable bonds is 4. The number of carboxylic acid groups (broad SMARTS) is 1. The van der Waals surface area contributed by atoms with Gasteiger partial charge in [-0.05, 0) is 43.9 Å². The lowest BCUT2D eigenvalue weighted by Crippen LogP contribution is -2.23. The number of carbonyl (C=O) groups is 1. The maximum Gasteiger partial charge on any atom is 0.335 e. The van der Waals surface area contributed by atoms with Crippen LogP contribution in [-0.4, -0.2) is 32.3 Å². The molecule has 2 saturated carbocycles. The Hall–Kier alpha value is -1.88. The van der Waals surface area contributed by atoms with Crippen LogP contribution in [0.2, 0.25) is 0 Å². The summed E-state index contributed by atoms with van der Waals surface area (Å²) in [5, 5.41) is 18.8. The minimum Gasteiger partial charge on any atom is -0.478 e. The molecule has 1 aromatic carbocycles. The number of hydrogen-bond donors (Lipinski definition) is 2. The van der Waals surface area contributed by atoms with Crippen molar-refractivity contribution in [2.75, 3.05) is 6.61 Å². The van der Waals surface area contributed by atoms with Crippen LogP contribution in [0.5, 0.6) is 0 Å². The molecule has 0 atom stereocenters. The first kappa shape index (κ1) is 11.9. The van der Waals surface area contributed by atoms with Crippen LogP contribution in [-0.2, 0) is 5.54 Å². The first-order valence-electron chi connectivity index (χ1n) is 7.02. The summed E-state index contributed by atoms with van der Waals surface area (Å²) in [5.41, 5.74) is 1.74. The zero-order valence-corrected chi connectivity index (χ0v) is 11.0. The Labute approximate surface area is 115 Å². The average molecular weight is 272 g/mol. The molecule has 2 N–H and O–H groups in total. The van der Waals surface area contributed by atoms with Gasteiger partial charge in [-0.3, -0.25) is 0 Å². The average Bonchev–Trinajstić information content (AvgIpc) is 3.35. The van der Waals surface area contributed by atoms with E-state index in [0.717, 1.165) is 42.5 Å². The molecular formula is C15H16N2O3. The third kappa shape index (κ3) is 1.59. The third-order valence-electron chi connectivity index (χ3n) is 4.47. The van der Waals surface area contributed by atoms with Gasteiger partial charge in [0.1, 0.15) is 5.82 Å². The first-order valence-corrected chi connectivity index (χ1v) is 7.02. The quantitative estimate of drug-likeness (QED) is 0.893. The maximum atomic E-state index is 11.1. The van der Waals surface area contributed by atoms with Crippen molar-refractivity contribution in [3.05, 3.63) is 29.6 Å². The summed E-state index contributed by atoms with van der Waals surface area (Å²) in [6.45, 7) is 0.124. The Bertz CT molecular complexity index is 711. The fourth-order valence-corrected chi connectivity index (χ4v) is 2.94. The molecule has 0 aliphatic heterocycles. The summed E-state index contributed by atoms with van der Waals surface area (Å²) in [6.07, 6.45) is 4.21. The number of imidazole rings is 1. The van der Waals surface area contributed by atoms with E-state index in [2.05, 4.69) is 9.55 Å². The largest absolute Gasteiger partial charge is 0.478 e. The number of hydrogen-bond acceptors (Lipinski definition) is 3. The number of nitrogens with zero attached hydrogens (tertiary/aromatic N) is 2. The van der Waals surface area contributed by atoms with Gasteiger partial charge in [-0.15, -0.1) is 0 Å². The lowest BCUT2D eigenvalue weighted by Gasteiger charge is -2.18. The van der Waals surface area contributed by atoms with Crippen LogP contribution in [0.3, 0.4) is 0 Å². The monoisotopic (exact) mass is 272 g/mol. The van der Waals surface area contributed by atoms with E-state index < -0.39 is 5.97 Å². The van der Waals surface area contributed by atoms with E-state index in [1.54, 1.807) is 12.1 Å². The number of aliphatic hydroxyl groups excluding tert-OH is 1. The van der Waals surface area contributed by atoms with Crippen LogP contribution < -0.4 is 0 Å². The highest BCUT2D eigenvalue weighted by Crippen LogP contribution is 2.50. The van der Waals surface area contributed by atoms with Crippen LogP contribution in [0.25, 0.3) is 11.0 Å². The summed E-state index contributed by atoms with van der Waals surface area (Å²) in [6, 6.07) is 5.08. The number of aliphatic hydroxyl groups is 1. The van der Waals surface area contributed by atoms with Gasteiger partial charge in [0.05, 0.1) is 28.7 Å². The van der Waals surface area contributed by atoms with E-state index in [0.29, 0.717) is 5.92 Å². The molecular weight excluding hydrogens is 256 g/mol. The second-order valence-corrected chi connectivity index (χ2v) is 5.97. The van der Waals surface area contributed by atoms with Crippen molar-refractivity contribution in [2.45, 2.75) is 37.1 Å². The second-order valence-electron chi connectivity index (χ2n) is 5.97. The molecule has 2 aliphatic carbocycles. The Morgan fingerprint density at radius 1 is 1.40 bits per heavy atom. The summed E-state index contributed by atoms with van der Waals surface area (Å²) in [7, 11) is 0. The zero-order valence-electron chi connectivity index (χ0n) is 11.0. The highest BCUT2D eigenvalue weighted by atomic mass is 16.4. The molecule has 0 amide bonds. The van der Waals surface area contributed by atoms with Crippen LogP contribution in [0.1, 0.15) is 47.8 Å². The molecule has 2 fully saturated rings. The number of benzene rings is 1. The Morgan fingerprint density at radius 2 is 2.15 bits per heavy atom. The molecule has 104 valence electrons. The number of fused-ring (bicyclic) bond motifs is 1. The summed E-state index contributed by atoms with van der Waals surface area (Å²) >= 11 is 0. The molecule has 0 bridgehead atoms. The summed E-state index contributed by atoms with van der Waals surface area (Å²) in [5.74, 6) is 0.562. The molecule has 2 aromatic rings. The Balaban J connectivity index is 1.95.